The lowest BCUT2D eigenvalue weighted by Gasteiger charge is -2.33. The highest BCUT2D eigenvalue weighted by Gasteiger charge is 2.24. The molecule has 2 amide bonds. The molecule has 1 atom stereocenters. The van der Waals surface area contributed by atoms with E-state index >= 15 is 0 Å². The molecular weight excluding hydrogens is 362 g/mol. The van der Waals surface area contributed by atoms with Crippen molar-refractivity contribution in [2.24, 2.45) is 5.92 Å². The van der Waals surface area contributed by atoms with Crippen molar-refractivity contribution >= 4 is 22.7 Å². The van der Waals surface area contributed by atoms with Gasteiger partial charge >= 0.3 is 0 Å². The average Bonchev–Trinajstić information content (AvgIpc) is 2.78. The number of carbonyl (C=O) groups excluding carboxylic acids is 2. The lowest BCUT2D eigenvalue weighted by molar-refractivity contribution is -0.132. The molecule has 3 aromatic rings. The second-order valence-electron chi connectivity index (χ2n) is 7.59. The van der Waals surface area contributed by atoms with Crippen LogP contribution in [-0.2, 0) is 11.2 Å². The van der Waals surface area contributed by atoms with E-state index in [0.717, 1.165) is 35.9 Å². The lowest BCUT2D eigenvalue weighted by atomic mass is 9.97. The second-order valence-corrected chi connectivity index (χ2v) is 7.59. The number of nitrogens with one attached hydrogen (secondary N) is 1. The van der Waals surface area contributed by atoms with E-state index in [4.69, 9.17) is 0 Å². The normalized spacial score (nSPS) is 16.6. The van der Waals surface area contributed by atoms with Crippen molar-refractivity contribution in [3.63, 3.8) is 0 Å². The van der Waals surface area contributed by atoms with Crippen LogP contribution in [0.15, 0.2) is 66.9 Å². The van der Waals surface area contributed by atoms with Crippen LogP contribution in [0.1, 0.15) is 28.8 Å². The number of fused-ring (bicyclic) bond motifs is 1. The Labute approximate surface area is 170 Å². The van der Waals surface area contributed by atoms with Crippen LogP contribution in [0.4, 0.5) is 0 Å². The van der Waals surface area contributed by atoms with Gasteiger partial charge in [0, 0.05) is 36.8 Å². The van der Waals surface area contributed by atoms with E-state index in [1.807, 2.05) is 65.6 Å². The summed E-state index contributed by atoms with van der Waals surface area (Å²) < 4.78 is 0. The van der Waals surface area contributed by atoms with Crippen LogP contribution in [0.3, 0.4) is 0 Å². The summed E-state index contributed by atoms with van der Waals surface area (Å²) in [7, 11) is 0. The average molecular weight is 387 g/mol. The summed E-state index contributed by atoms with van der Waals surface area (Å²) in [5.74, 6) is 0.351. The highest BCUT2D eigenvalue weighted by Crippen LogP contribution is 2.20. The molecule has 1 aliphatic rings. The quantitative estimate of drug-likeness (QED) is 0.729. The number of rotatable bonds is 5. The molecule has 29 heavy (non-hydrogen) atoms. The lowest BCUT2D eigenvalue weighted by Crippen LogP contribution is -2.44. The minimum atomic E-state index is -0.0594. The van der Waals surface area contributed by atoms with Crippen molar-refractivity contribution in [1.82, 2.24) is 15.2 Å². The monoisotopic (exact) mass is 387 g/mol. The van der Waals surface area contributed by atoms with Gasteiger partial charge in [-0.25, -0.2) is 0 Å². The van der Waals surface area contributed by atoms with E-state index in [1.54, 1.807) is 6.20 Å². The van der Waals surface area contributed by atoms with E-state index in [-0.39, 0.29) is 17.7 Å². The number of hydrogen-bond donors (Lipinski definition) is 1. The van der Waals surface area contributed by atoms with Crippen molar-refractivity contribution in [3.05, 3.63) is 78.0 Å². The smallest absolute Gasteiger partial charge is 0.251 e. The van der Waals surface area contributed by atoms with Crippen LogP contribution in [0, 0.1) is 5.92 Å². The summed E-state index contributed by atoms with van der Waals surface area (Å²) in [4.78, 5) is 31.6. The fourth-order valence-electron chi connectivity index (χ4n) is 3.97. The van der Waals surface area contributed by atoms with E-state index in [2.05, 4.69) is 10.3 Å². The minimum absolute atomic E-state index is 0.0594. The van der Waals surface area contributed by atoms with Gasteiger partial charge in [0.25, 0.3) is 5.91 Å². The molecular formula is C24H25N3O2. The number of nitrogens with zero attached hydrogens (tertiary/aromatic N) is 2. The Kier molecular flexibility index (Phi) is 5.84. The van der Waals surface area contributed by atoms with Crippen LogP contribution in [0.2, 0.25) is 0 Å². The minimum Gasteiger partial charge on any atom is -0.352 e. The Morgan fingerprint density at radius 3 is 2.72 bits per heavy atom. The zero-order chi connectivity index (χ0) is 20.1. The Hall–Kier alpha value is -3.21. The van der Waals surface area contributed by atoms with E-state index < -0.39 is 0 Å². The van der Waals surface area contributed by atoms with Crippen molar-refractivity contribution < 1.29 is 9.59 Å². The zero-order valence-corrected chi connectivity index (χ0v) is 16.4. The number of hydrogen-bond acceptors (Lipinski definition) is 3. The van der Waals surface area contributed by atoms with Gasteiger partial charge in [-0.2, -0.15) is 0 Å². The third-order valence-corrected chi connectivity index (χ3v) is 5.52. The summed E-state index contributed by atoms with van der Waals surface area (Å²) in [5.41, 5.74) is 2.53. The summed E-state index contributed by atoms with van der Waals surface area (Å²) in [6.45, 7) is 2.06. The Morgan fingerprint density at radius 1 is 1.03 bits per heavy atom. The number of carbonyl (C=O) groups is 2. The van der Waals surface area contributed by atoms with E-state index in [9.17, 15) is 9.59 Å². The van der Waals surface area contributed by atoms with Crippen LogP contribution >= 0.6 is 0 Å². The molecule has 0 bridgehead atoms. The largest absolute Gasteiger partial charge is 0.352 e. The third-order valence-electron chi connectivity index (χ3n) is 5.52. The maximum absolute atomic E-state index is 12.9. The molecule has 1 saturated heterocycles. The van der Waals surface area contributed by atoms with Crippen LogP contribution in [0.5, 0.6) is 0 Å². The fourth-order valence-corrected chi connectivity index (χ4v) is 3.97. The van der Waals surface area contributed by atoms with Crippen molar-refractivity contribution in [2.75, 3.05) is 19.6 Å². The third kappa shape index (κ3) is 4.62. The molecule has 2 aromatic carbocycles. The molecule has 1 aromatic heterocycles. The summed E-state index contributed by atoms with van der Waals surface area (Å²) in [5, 5.41) is 4.07. The number of pyridine rings is 1. The molecule has 0 radical (unpaired) electrons. The van der Waals surface area contributed by atoms with Crippen molar-refractivity contribution in [1.29, 1.82) is 0 Å². The maximum Gasteiger partial charge on any atom is 0.251 e. The molecule has 0 spiro atoms. The summed E-state index contributed by atoms with van der Waals surface area (Å²) in [6, 6.07) is 19.1. The molecule has 2 heterocycles. The van der Waals surface area contributed by atoms with Crippen LogP contribution < -0.4 is 5.32 Å². The first kappa shape index (κ1) is 19.1. The topological polar surface area (TPSA) is 62.3 Å². The van der Waals surface area contributed by atoms with Crippen molar-refractivity contribution in [3.8, 4) is 0 Å². The molecule has 0 saturated carbocycles. The first-order valence-corrected chi connectivity index (χ1v) is 10.1. The molecule has 1 aliphatic heterocycles. The van der Waals surface area contributed by atoms with Gasteiger partial charge in [-0.15, -0.1) is 0 Å². The zero-order valence-electron chi connectivity index (χ0n) is 16.4. The summed E-state index contributed by atoms with van der Waals surface area (Å²) >= 11 is 0. The van der Waals surface area contributed by atoms with Gasteiger partial charge in [0.2, 0.25) is 5.91 Å². The highest BCUT2D eigenvalue weighted by atomic mass is 16.2. The van der Waals surface area contributed by atoms with Gasteiger partial charge in [0.1, 0.15) is 0 Å². The van der Waals surface area contributed by atoms with Gasteiger partial charge in [0.15, 0.2) is 0 Å². The molecule has 1 unspecified atom stereocenters. The Balaban J connectivity index is 1.35. The van der Waals surface area contributed by atoms with Gasteiger partial charge in [-0.1, -0.05) is 42.5 Å². The van der Waals surface area contributed by atoms with Gasteiger partial charge in [-0.3, -0.25) is 14.6 Å². The molecule has 0 aliphatic carbocycles. The van der Waals surface area contributed by atoms with E-state index in [1.165, 1.54) is 0 Å². The molecule has 4 rings (SSSR count). The van der Waals surface area contributed by atoms with Gasteiger partial charge < -0.3 is 10.2 Å². The predicted molar refractivity (Wildman–Crippen MR) is 114 cm³/mol. The Morgan fingerprint density at radius 2 is 1.86 bits per heavy atom. The number of benzene rings is 2. The number of likely N-dealkylation sites (tertiary alicyclic amines) is 1. The SMILES string of the molecule is O=C(NCC1CCCN(C(=O)Cc2cccc3cccnc23)C1)c1ccccc1. The van der Waals surface area contributed by atoms with E-state index in [0.29, 0.717) is 25.1 Å². The maximum atomic E-state index is 12.9. The number of aromatic nitrogens is 1. The number of piperidine rings is 1. The molecule has 5 nitrogen and oxygen atoms in total. The van der Waals surface area contributed by atoms with Crippen molar-refractivity contribution in [2.45, 2.75) is 19.3 Å². The van der Waals surface area contributed by atoms with Crippen LogP contribution in [0.25, 0.3) is 10.9 Å². The van der Waals surface area contributed by atoms with Gasteiger partial charge in [0.05, 0.1) is 11.9 Å². The number of para-hydroxylation sites is 1. The van der Waals surface area contributed by atoms with Gasteiger partial charge in [-0.05, 0) is 42.5 Å². The first-order valence-electron chi connectivity index (χ1n) is 10.1. The number of amides is 2. The molecule has 1 N–H and O–H groups in total. The first-order chi connectivity index (χ1) is 14.2. The second kappa shape index (κ2) is 8.86. The molecule has 1 fully saturated rings. The standard InChI is InChI=1S/C24H25N3O2/c28-22(15-21-11-4-10-19-12-5-13-25-23(19)21)27-14-6-7-18(17-27)16-26-24(29)20-8-2-1-3-9-20/h1-5,8-13,18H,6-7,14-17H2,(H,26,29). The van der Waals surface area contributed by atoms with Crippen LogP contribution in [-0.4, -0.2) is 41.3 Å². The highest BCUT2D eigenvalue weighted by molar-refractivity contribution is 5.94. The predicted octanol–water partition coefficient (Wildman–Crippen LogP) is 3.45. The summed E-state index contributed by atoms with van der Waals surface area (Å²) in [6.07, 6.45) is 4.11. The fraction of sp³-hybridized carbons (Fsp3) is 0.292. The molecule has 5 heteroatoms. The molecule has 148 valence electrons. The Bertz CT molecular complexity index is 998.